The molecule has 136 valence electrons. The third-order valence-corrected chi connectivity index (χ3v) is 3.72. The third kappa shape index (κ3) is 4.27. The summed E-state index contributed by atoms with van der Waals surface area (Å²) in [5.74, 6) is 2.38. The van der Waals surface area contributed by atoms with Gasteiger partial charge in [-0.05, 0) is 42.8 Å². The lowest BCUT2D eigenvalue weighted by atomic mass is 10.2. The van der Waals surface area contributed by atoms with Crippen molar-refractivity contribution in [2.75, 3.05) is 32.2 Å². The predicted octanol–water partition coefficient (Wildman–Crippen LogP) is 3.52. The van der Waals surface area contributed by atoms with E-state index in [1.165, 1.54) is 6.08 Å². The minimum atomic E-state index is -0.244. The van der Waals surface area contributed by atoms with Crippen molar-refractivity contribution in [2.45, 2.75) is 6.92 Å². The van der Waals surface area contributed by atoms with Crippen LogP contribution >= 0.6 is 0 Å². The van der Waals surface area contributed by atoms with Crippen LogP contribution in [0.5, 0.6) is 23.0 Å². The van der Waals surface area contributed by atoms with Gasteiger partial charge in [0.05, 0.1) is 13.7 Å². The van der Waals surface area contributed by atoms with Crippen LogP contribution in [0.3, 0.4) is 0 Å². The van der Waals surface area contributed by atoms with Gasteiger partial charge < -0.3 is 24.3 Å². The van der Waals surface area contributed by atoms with Crippen LogP contribution in [0.25, 0.3) is 6.08 Å². The number of carbonyl (C=O) groups is 1. The molecule has 0 fully saturated rings. The molecule has 0 saturated heterocycles. The van der Waals surface area contributed by atoms with Gasteiger partial charge in [0, 0.05) is 17.8 Å². The largest absolute Gasteiger partial charge is 0.493 e. The van der Waals surface area contributed by atoms with Gasteiger partial charge in [0.25, 0.3) is 0 Å². The zero-order valence-electron chi connectivity index (χ0n) is 14.8. The quantitative estimate of drug-likeness (QED) is 0.803. The Kier molecular flexibility index (Phi) is 5.63. The molecule has 1 heterocycles. The summed E-state index contributed by atoms with van der Waals surface area (Å²) in [6, 6.07) is 10.8. The summed E-state index contributed by atoms with van der Waals surface area (Å²) in [5.41, 5.74) is 1.48. The average Bonchev–Trinajstić information content (AvgIpc) is 2.67. The van der Waals surface area contributed by atoms with Crippen molar-refractivity contribution in [1.82, 2.24) is 0 Å². The molecule has 0 atom stereocenters. The van der Waals surface area contributed by atoms with Crippen LogP contribution < -0.4 is 24.3 Å². The summed E-state index contributed by atoms with van der Waals surface area (Å²) in [4.78, 5) is 12.2. The molecular formula is C20H21NO5. The number of hydrogen-bond acceptors (Lipinski definition) is 5. The molecule has 1 amide bonds. The van der Waals surface area contributed by atoms with Gasteiger partial charge in [-0.3, -0.25) is 4.79 Å². The van der Waals surface area contributed by atoms with Crippen LogP contribution in [0.1, 0.15) is 12.5 Å². The molecule has 0 spiro atoms. The van der Waals surface area contributed by atoms with Gasteiger partial charge in [-0.25, -0.2) is 0 Å². The fourth-order valence-electron chi connectivity index (χ4n) is 2.54. The zero-order valence-corrected chi connectivity index (χ0v) is 14.8. The fourth-order valence-corrected chi connectivity index (χ4v) is 2.54. The molecule has 2 aromatic carbocycles. The second-order valence-electron chi connectivity index (χ2n) is 5.52. The molecular weight excluding hydrogens is 334 g/mol. The molecule has 0 radical (unpaired) electrons. The maximum Gasteiger partial charge on any atom is 0.248 e. The normalized spacial score (nSPS) is 12.7. The summed E-state index contributed by atoms with van der Waals surface area (Å²) >= 11 is 0. The van der Waals surface area contributed by atoms with Crippen molar-refractivity contribution in [3.05, 3.63) is 48.0 Å². The molecule has 26 heavy (non-hydrogen) atoms. The number of fused-ring (bicyclic) bond motifs is 1. The summed E-state index contributed by atoms with van der Waals surface area (Å²) in [6.45, 7) is 3.52. The number of amides is 1. The fraction of sp³-hybridized carbons (Fsp3) is 0.250. The Hall–Kier alpha value is -3.15. The van der Waals surface area contributed by atoms with Crippen LogP contribution in [0, 0.1) is 0 Å². The van der Waals surface area contributed by atoms with Crippen molar-refractivity contribution in [3.63, 3.8) is 0 Å². The number of nitrogens with one attached hydrogen (secondary N) is 1. The van der Waals surface area contributed by atoms with Gasteiger partial charge in [-0.1, -0.05) is 6.07 Å². The minimum absolute atomic E-state index is 0.244. The molecule has 1 aliphatic heterocycles. The lowest BCUT2D eigenvalue weighted by molar-refractivity contribution is -0.111. The Bertz CT molecular complexity index is 816. The number of anilines is 1. The first-order valence-electron chi connectivity index (χ1n) is 8.39. The van der Waals surface area contributed by atoms with Crippen molar-refractivity contribution < 1.29 is 23.7 Å². The van der Waals surface area contributed by atoms with Gasteiger partial charge in [0.2, 0.25) is 5.91 Å². The minimum Gasteiger partial charge on any atom is -0.493 e. The van der Waals surface area contributed by atoms with Crippen molar-refractivity contribution in [2.24, 2.45) is 0 Å². The number of ether oxygens (including phenoxy) is 4. The lowest BCUT2D eigenvalue weighted by Gasteiger charge is -2.18. The van der Waals surface area contributed by atoms with Crippen LogP contribution in [0.2, 0.25) is 0 Å². The van der Waals surface area contributed by atoms with Gasteiger partial charge in [-0.2, -0.15) is 0 Å². The van der Waals surface area contributed by atoms with Crippen molar-refractivity contribution >= 4 is 17.7 Å². The molecule has 0 unspecified atom stereocenters. The Morgan fingerprint density at radius 2 is 1.92 bits per heavy atom. The van der Waals surface area contributed by atoms with Gasteiger partial charge >= 0.3 is 0 Å². The number of hydrogen-bond donors (Lipinski definition) is 1. The van der Waals surface area contributed by atoms with E-state index in [-0.39, 0.29) is 5.91 Å². The maximum absolute atomic E-state index is 12.2. The number of benzene rings is 2. The highest BCUT2D eigenvalue weighted by Gasteiger charge is 2.11. The highest BCUT2D eigenvalue weighted by atomic mass is 16.6. The Morgan fingerprint density at radius 1 is 1.12 bits per heavy atom. The number of rotatable bonds is 6. The first-order chi connectivity index (χ1) is 12.7. The highest BCUT2D eigenvalue weighted by molar-refractivity contribution is 6.02. The molecule has 0 bridgehead atoms. The molecule has 6 heteroatoms. The van der Waals surface area contributed by atoms with Crippen LogP contribution in [-0.4, -0.2) is 32.8 Å². The molecule has 2 aromatic rings. The first-order valence-corrected chi connectivity index (χ1v) is 8.39. The second kappa shape index (κ2) is 8.29. The summed E-state index contributed by atoms with van der Waals surface area (Å²) in [6.07, 6.45) is 3.19. The molecule has 0 aliphatic carbocycles. The van der Waals surface area contributed by atoms with Crippen molar-refractivity contribution in [1.29, 1.82) is 0 Å². The van der Waals surface area contributed by atoms with E-state index >= 15 is 0 Å². The van der Waals surface area contributed by atoms with E-state index in [0.717, 1.165) is 11.3 Å². The molecule has 0 saturated carbocycles. The van der Waals surface area contributed by atoms with Crippen LogP contribution in [0.4, 0.5) is 5.69 Å². The van der Waals surface area contributed by atoms with E-state index in [4.69, 9.17) is 18.9 Å². The van der Waals surface area contributed by atoms with Gasteiger partial charge in [0.15, 0.2) is 23.0 Å². The van der Waals surface area contributed by atoms with Crippen LogP contribution in [-0.2, 0) is 4.79 Å². The predicted molar refractivity (Wildman–Crippen MR) is 99.3 cm³/mol. The van der Waals surface area contributed by atoms with E-state index in [0.29, 0.717) is 42.8 Å². The van der Waals surface area contributed by atoms with E-state index < -0.39 is 0 Å². The lowest BCUT2D eigenvalue weighted by Crippen LogP contribution is -2.15. The Balaban J connectivity index is 1.66. The average molecular weight is 355 g/mol. The summed E-state index contributed by atoms with van der Waals surface area (Å²) in [5, 5.41) is 2.80. The Morgan fingerprint density at radius 3 is 2.69 bits per heavy atom. The van der Waals surface area contributed by atoms with E-state index in [2.05, 4.69) is 5.32 Å². The van der Waals surface area contributed by atoms with Crippen molar-refractivity contribution in [3.8, 4) is 23.0 Å². The topological polar surface area (TPSA) is 66.0 Å². The van der Waals surface area contributed by atoms with E-state index in [1.807, 2.05) is 25.1 Å². The molecule has 1 N–H and O–H groups in total. The molecule has 0 aromatic heterocycles. The molecule has 6 nitrogen and oxygen atoms in total. The smallest absolute Gasteiger partial charge is 0.248 e. The first kappa shape index (κ1) is 17.7. The SMILES string of the molecule is CCOc1ccc(NC(=O)/C=C/c2ccc3c(c2)OCCO3)cc1OC. The van der Waals surface area contributed by atoms with Gasteiger partial charge in [-0.15, -0.1) is 0 Å². The van der Waals surface area contributed by atoms with E-state index in [1.54, 1.807) is 31.4 Å². The number of carbonyl (C=O) groups excluding carboxylic acids is 1. The van der Waals surface area contributed by atoms with Gasteiger partial charge in [0.1, 0.15) is 13.2 Å². The maximum atomic E-state index is 12.2. The van der Waals surface area contributed by atoms with E-state index in [9.17, 15) is 4.79 Å². The summed E-state index contributed by atoms with van der Waals surface area (Å²) < 4.78 is 21.8. The molecule has 1 aliphatic rings. The van der Waals surface area contributed by atoms with Crippen LogP contribution in [0.15, 0.2) is 42.5 Å². The monoisotopic (exact) mass is 355 g/mol. The number of methoxy groups -OCH3 is 1. The standard InChI is InChI=1S/C20H21NO5/c1-3-24-16-8-6-15(13-18(16)23-2)21-20(22)9-5-14-4-7-17-19(12-14)26-11-10-25-17/h4-9,12-13H,3,10-11H2,1-2H3,(H,21,22)/b9-5+. The second-order valence-corrected chi connectivity index (χ2v) is 5.52. The highest BCUT2D eigenvalue weighted by Crippen LogP contribution is 2.31. The Labute approximate surface area is 152 Å². The molecule has 3 rings (SSSR count). The third-order valence-electron chi connectivity index (χ3n) is 3.72. The summed E-state index contributed by atoms with van der Waals surface area (Å²) in [7, 11) is 1.56. The zero-order chi connectivity index (χ0) is 18.4.